The molecule has 1 atom stereocenters. The van der Waals surface area contributed by atoms with Crippen LogP contribution >= 0.6 is 0 Å². The Morgan fingerprint density at radius 1 is 1.41 bits per heavy atom. The summed E-state index contributed by atoms with van der Waals surface area (Å²) in [5.41, 5.74) is -2.06. The second-order valence-electron chi connectivity index (χ2n) is 3.11. The van der Waals surface area contributed by atoms with Crippen molar-refractivity contribution < 1.29 is 18.7 Å². The minimum atomic E-state index is -2.99. The van der Waals surface area contributed by atoms with Crippen LogP contribution in [0.25, 0.3) is 0 Å². The molecule has 4 N–H and O–H groups in total. The van der Waals surface area contributed by atoms with E-state index in [2.05, 4.69) is 0 Å². The fourth-order valence-corrected chi connectivity index (χ4v) is 0.973. The SMILES string of the molecule is O=C(NCC(O)C(F)F)c1cc(=O)[nH]c(=O)[nH]1. The number of carbonyl (C=O) groups is 1. The van der Waals surface area contributed by atoms with Gasteiger partial charge in [0.25, 0.3) is 17.9 Å². The Hall–Kier alpha value is -2.03. The van der Waals surface area contributed by atoms with Crippen LogP contribution in [0, 0.1) is 0 Å². The van der Waals surface area contributed by atoms with Crippen molar-refractivity contribution in [3.8, 4) is 0 Å². The first kappa shape index (κ1) is 13.0. The van der Waals surface area contributed by atoms with Crippen LogP contribution in [-0.2, 0) is 0 Å². The average Bonchev–Trinajstić information content (AvgIpc) is 2.23. The third-order valence-corrected chi connectivity index (χ3v) is 1.77. The van der Waals surface area contributed by atoms with E-state index in [0.29, 0.717) is 0 Å². The van der Waals surface area contributed by atoms with E-state index >= 15 is 0 Å². The Balaban J connectivity index is 2.71. The first-order valence-electron chi connectivity index (χ1n) is 4.48. The zero-order chi connectivity index (χ0) is 13.0. The fraction of sp³-hybridized carbons (Fsp3) is 0.375. The van der Waals surface area contributed by atoms with Gasteiger partial charge in [0.15, 0.2) is 0 Å². The number of hydrogen-bond acceptors (Lipinski definition) is 4. The van der Waals surface area contributed by atoms with Gasteiger partial charge in [-0.15, -0.1) is 0 Å². The molecule has 0 spiro atoms. The summed E-state index contributed by atoms with van der Waals surface area (Å²) in [6.45, 7) is -0.689. The van der Waals surface area contributed by atoms with Gasteiger partial charge in [0, 0.05) is 12.6 Å². The molecule has 0 aliphatic carbocycles. The highest BCUT2D eigenvalue weighted by molar-refractivity contribution is 5.92. The summed E-state index contributed by atoms with van der Waals surface area (Å²) in [5.74, 6) is -0.937. The Labute approximate surface area is 92.5 Å². The van der Waals surface area contributed by atoms with Crippen LogP contribution in [0.3, 0.4) is 0 Å². The van der Waals surface area contributed by atoms with Crippen molar-refractivity contribution >= 4 is 5.91 Å². The maximum absolute atomic E-state index is 11.9. The highest BCUT2D eigenvalue weighted by atomic mass is 19.3. The Bertz CT molecular complexity index is 482. The van der Waals surface area contributed by atoms with Gasteiger partial charge >= 0.3 is 5.69 Å². The fourth-order valence-electron chi connectivity index (χ4n) is 0.973. The predicted octanol–water partition coefficient (Wildman–Crippen LogP) is -1.58. The number of rotatable bonds is 4. The lowest BCUT2D eigenvalue weighted by Gasteiger charge is -2.10. The molecule has 1 aromatic rings. The molecule has 0 saturated carbocycles. The highest BCUT2D eigenvalue weighted by Gasteiger charge is 2.18. The summed E-state index contributed by atoms with van der Waals surface area (Å²) < 4.78 is 23.8. The number of aliphatic hydroxyl groups is 1. The molecular weight excluding hydrogens is 240 g/mol. The number of H-pyrrole nitrogens is 2. The van der Waals surface area contributed by atoms with Crippen molar-refractivity contribution in [1.82, 2.24) is 15.3 Å². The molecule has 0 aliphatic heterocycles. The number of amides is 1. The third-order valence-electron chi connectivity index (χ3n) is 1.77. The summed E-state index contributed by atoms with van der Waals surface area (Å²) in [5, 5.41) is 10.7. The van der Waals surface area contributed by atoms with Crippen molar-refractivity contribution in [2.45, 2.75) is 12.5 Å². The van der Waals surface area contributed by atoms with Crippen molar-refractivity contribution in [2.75, 3.05) is 6.54 Å². The highest BCUT2D eigenvalue weighted by Crippen LogP contribution is 1.98. The van der Waals surface area contributed by atoms with E-state index in [1.54, 1.807) is 0 Å². The van der Waals surface area contributed by atoms with Gasteiger partial charge in [0.2, 0.25) is 0 Å². The lowest BCUT2D eigenvalue weighted by molar-refractivity contribution is -0.00273. The molecule has 9 heteroatoms. The van der Waals surface area contributed by atoms with Gasteiger partial charge in [0.05, 0.1) is 0 Å². The van der Waals surface area contributed by atoms with Gasteiger partial charge < -0.3 is 15.4 Å². The molecule has 17 heavy (non-hydrogen) atoms. The summed E-state index contributed by atoms with van der Waals surface area (Å²) in [6.07, 6.45) is -5.00. The molecule has 7 nitrogen and oxygen atoms in total. The van der Waals surface area contributed by atoms with E-state index in [1.165, 1.54) is 0 Å². The molecule has 0 fully saturated rings. The lowest BCUT2D eigenvalue weighted by Crippen LogP contribution is -2.37. The van der Waals surface area contributed by atoms with E-state index in [0.717, 1.165) is 6.07 Å². The zero-order valence-electron chi connectivity index (χ0n) is 8.37. The third kappa shape index (κ3) is 3.79. The van der Waals surface area contributed by atoms with Crippen LogP contribution < -0.4 is 16.6 Å². The predicted molar refractivity (Wildman–Crippen MR) is 52.0 cm³/mol. The summed E-state index contributed by atoms with van der Waals surface area (Å²) >= 11 is 0. The Morgan fingerprint density at radius 3 is 2.59 bits per heavy atom. The van der Waals surface area contributed by atoms with Crippen molar-refractivity contribution in [3.05, 3.63) is 32.6 Å². The van der Waals surface area contributed by atoms with Gasteiger partial charge in [-0.25, -0.2) is 13.6 Å². The van der Waals surface area contributed by atoms with Crippen LogP contribution in [-0.4, -0.2) is 40.1 Å². The summed E-state index contributed by atoms with van der Waals surface area (Å²) in [6, 6.07) is 0.797. The molecule has 1 unspecified atom stereocenters. The van der Waals surface area contributed by atoms with Crippen LogP contribution in [0.1, 0.15) is 10.5 Å². The van der Waals surface area contributed by atoms with E-state index in [-0.39, 0.29) is 5.69 Å². The largest absolute Gasteiger partial charge is 0.385 e. The number of nitrogens with one attached hydrogen (secondary N) is 3. The van der Waals surface area contributed by atoms with Gasteiger partial charge in [-0.2, -0.15) is 0 Å². The van der Waals surface area contributed by atoms with Crippen molar-refractivity contribution in [3.63, 3.8) is 0 Å². The van der Waals surface area contributed by atoms with Gasteiger partial charge in [-0.1, -0.05) is 0 Å². The van der Waals surface area contributed by atoms with Crippen molar-refractivity contribution in [1.29, 1.82) is 0 Å². The van der Waals surface area contributed by atoms with E-state index in [1.807, 2.05) is 15.3 Å². The molecule has 0 saturated heterocycles. The van der Waals surface area contributed by atoms with E-state index < -0.39 is 36.2 Å². The standard InChI is InChI=1S/C8H9F2N3O4/c9-6(10)4(14)2-11-7(16)3-1-5(15)13-8(17)12-3/h1,4,6,14H,2H2,(H,11,16)(H2,12,13,15,17). The number of aromatic nitrogens is 2. The number of aromatic amines is 2. The van der Waals surface area contributed by atoms with E-state index in [4.69, 9.17) is 5.11 Å². The molecule has 0 aromatic carbocycles. The zero-order valence-corrected chi connectivity index (χ0v) is 8.37. The molecular formula is C8H9F2N3O4. The van der Waals surface area contributed by atoms with Crippen molar-refractivity contribution in [2.24, 2.45) is 0 Å². The molecule has 1 rings (SSSR count). The van der Waals surface area contributed by atoms with Gasteiger partial charge in [0.1, 0.15) is 11.8 Å². The van der Waals surface area contributed by atoms with Crippen LogP contribution in [0.4, 0.5) is 8.78 Å². The minimum absolute atomic E-state index is 0.375. The van der Waals surface area contributed by atoms with E-state index in [9.17, 15) is 23.2 Å². The maximum atomic E-state index is 11.9. The first-order chi connectivity index (χ1) is 7.90. The second kappa shape index (κ2) is 5.34. The normalized spacial score (nSPS) is 12.5. The quantitative estimate of drug-likeness (QED) is 0.515. The van der Waals surface area contributed by atoms with Crippen LogP contribution in [0.5, 0.6) is 0 Å². The number of hydrogen-bond donors (Lipinski definition) is 4. The first-order valence-corrected chi connectivity index (χ1v) is 4.48. The Kier molecular flexibility index (Phi) is 4.10. The monoisotopic (exact) mass is 249 g/mol. The maximum Gasteiger partial charge on any atom is 0.326 e. The molecule has 0 radical (unpaired) electrons. The smallest absolute Gasteiger partial charge is 0.326 e. The molecule has 1 aromatic heterocycles. The molecule has 1 heterocycles. The number of alkyl halides is 2. The average molecular weight is 249 g/mol. The van der Waals surface area contributed by atoms with Gasteiger partial charge in [-0.3, -0.25) is 14.6 Å². The van der Waals surface area contributed by atoms with Crippen LogP contribution in [0.2, 0.25) is 0 Å². The van der Waals surface area contributed by atoms with Gasteiger partial charge in [-0.05, 0) is 0 Å². The summed E-state index contributed by atoms with van der Waals surface area (Å²) in [7, 11) is 0. The number of aliphatic hydroxyl groups excluding tert-OH is 1. The molecule has 0 bridgehead atoms. The minimum Gasteiger partial charge on any atom is -0.385 e. The molecule has 1 amide bonds. The molecule has 0 aliphatic rings. The lowest BCUT2D eigenvalue weighted by atomic mass is 10.3. The molecule has 94 valence electrons. The number of halogens is 2. The summed E-state index contributed by atoms with van der Waals surface area (Å²) in [4.78, 5) is 36.8. The topological polar surface area (TPSA) is 115 Å². The second-order valence-corrected chi connectivity index (χ2v) is 3.11. The Morgan fingerprint density at radius 2 is 2.06 bits per heavy atom. The number of carbonyl (C=O) groups excluding carboxylic acids is 1. The van der Waals surface area contributed by atoms with Crippen LogP contribution in [0.15, 0.2) is 15.7 Å².